The second-order valence-corrected chi connectivity index (χ2v) is 4.63. The average molecular weight is 212 g/mol. The maximum Gasteiger partial charge on any atom is 0.297 e. The third-order valence-electron chi connectivity index (χ3n) is 2.04. The van der Waals surface area contributed by atoms with Gasteiger partial charge in [-0.3, -0.25) is 4.55 Å². The van der Waals surface area contributed by atoms with E-state index in [9.17, 15) is 18.6 Å². The Hall–Kier alpha value is -0.170. The van der Waals surface area contributed by atoms with Crippen molar-refractivity contribution in [3.8, 4) is 0 Å². The van der Waals surface area contributed by atoms with E-state index in [2.05, 4.69) is 0 Å². The molecule has 13 heavy (non-hydrogen) atoms. The van der Waals surface area contributed by atoms with Crippen LogP contribution >= 0.6 is 0 Å². The van der Waals surface area contributed by atoms with Crippen molar-refractivity contribution in [1.29, 1.82) is 0 Å². The highest BCUT2D eigenvalue weighted by molar-refractivity contribution is 7.87. The lowest BCUT2D eigenvalue weighted by Gasteiger charge is -2.28. The second-order valence-electron chi connectivity index (χ2n) is 2.98. The molecule has 6 heteroatoms. The zero-order chi connectivity index (χ0) is 10.7. The second kappa shape index (κ2) is 4.36. The summed E-state index contributed by atoms with van der Waals surface area (Å²) in [7, 11) is -4.63. The van der Waals surface area contributed by atoms with Gasteiger partial charge in [0.05, 0.1) is 6.10 Å². The van der Waals surface area contributed by atoms with Crippen molar-refractivity contribution in [1.82, 2.24) is 0 Å². The van der Waals surface area contributed by atoms with Crippen molar-refractivity contribution in [2.45, 2.75) is 44.1 Å². The van der Waals surface area contributed by atoms with Gasteiger partial charge in [0.15, 0.2) is 0 Å². The molecule has 0 aliphatic rings. The Balaban J connectivity index is 4.84. The smallest absolute Gasteiger partial charge is 0.297 e. The quantitative estimate of drug-likeness (QED) is 0.563. The lowest BCUT2D eigenvalue weighted by atomic mass is 10.1. The molecule has 0 rings (SSSR count). The van der Waals surface area contributed by atoms with Crippen molar-refractivity contribution in [3.63, 3.8) is 0 Å². The molecule has 0 aliphatic carbocycles. The summed E-state index contributed by atoms with van der Waals surface area (Å²) in [4.78, 5) is -2.43. The van der Waals surface area contributed by atoms with Crippen LogP contribution in [0.4, 0.5) is 0 Å². The first-order valence-corrected chi connectivity index (χ1v) is 5.61. The first-order chi connectivity index (χ1) is 5.79. The van der Waals surface area contributed by atoms with Crippen molar-refractivity contribution < 1.29 is 23.2 Å². The molecule has 0 aromatic rings. The Morgan fingerprint density at radius 1 is 1.38 bits per heavy atom. The molecular weight excluding hydrogens is 196 g/mol. The first kappa shape index (κ1) is 12.8. The number of aliphatic hydroxyl groups excluding tert-OH is 1. The molecule has 3 N–H and O–H groups in total. The maximum absolute atomic E-state index is 10.7. The van der Waals surface area contributed by atoms with Gasteiger partial charge in [0.25, 0.3) is 10.1 Å². The molecule has 0 saturated heterocycles. The fourth-order valence-electron chi connectivity index (χ4n) is 1.09. The summed E-state index contributed by atoms with van der Waals surface area (Å²) in [6.07, 6.45) is -1.03. The van der Waals surface area contributed by atoms with Crippen LogP contribution in [0.1, 0.15) is 33.1 Å². The van der Waals surface area contributed by atoms with Crippen molar-refractivity contribution in [3.05, 3.63) is 0 Å². The van der Waals surface area contributed by atoms with Crippen LogP contribution in [0.3, 0.4) is 0 Å². The Labute approximate surface area is 78.1 Å². The highest BCUT2D eigenvalue weighted by Gasteiger charge is 2.45. The molecule has 80 valence electrons. The molecule has 2 atom stereocenters. The molecule has 0 saturated carbocycles. The van der Waals surface area contributed by atoms with Gasteiger partial charge in [0.1, 0.15) is 0 Å². The first-order valence-electron chi connectivity index (χ1n) is 4.17. The summed E-state index contributed by atoms with van der Waals surface area (Å²) in [6, 6.07) is 0. The van der Waals surface area contributed by atoms with Crippen LogP contribution in [0, 0.1) is 0 Å². The van der Waals surface area contributed by atoms with Gasteiger partial charge in [0.2, 0.25) is 4.93 Å². The van der Waals surface area contributed by atoms with Gasteiger partial charge in [-0.05, 0) is 12.8 Å². The van der Waals surface area contributed by atoms with Gasteiger partial charge in [0, 0.05) is 0 Å². The monoisotopic (exact) mass is 212 g/mol. The van der Waals surface area contributed by atoms with Crippen LogP contribution in [0.15, 0.2) is 0 Å². The number of rotatable bonds is 5. The Morgan fingerprint density at radius 2 is 1.85 bits per heavy atom. The molecule has 5 nitrogen and oxygen atoms in total. The van der Waals surface area contributed by atoms with E-state index in [1.165, 1.54) is 6.92 Å². The van der Waals surface area contributed by atoms with Crippen molar-refractivity contribution >= 4 is 10.1 Å². The fourth-order valence-corrected chi connectivity index (χ4v) is 1.92. The molecule has 0 aliphatic heterocycles. The molecule has 0 amide bonds. The Bertz CT molecular complexity index is 248. The van der Waals surface area contributed by atoms with Crippen LogP contribution in [-0.4, -0.2) is 34.2 Å². The third-order valence-corrected chi connectivity index (χ3v) is 3.49. The summed E-state index contributed by atoms with van der Waals surface area (Å²) in [5, 5.41) is 18.8. The van der Waals surface area contributed by atoms with Crippen LogP contribution in [0.5, 0.6) is 0 Å². The number of hydrogen-bond acceptors (Lipinski definition) is 4. The van der Waals surface area contributed by atoms with Crippen molar-refractivity contribution in [2.24, 2.45) is 0 Å². The van der Waals surface area contributed by atoms with Gasteiger partial charge in [-0.1, -0.05) is 20.3 Å². The zero-order valence-electron chi connectivity index (χ0n) is 7.77. The van der Waals surface area contributed by atoms with E-state index >= 15 is 0 Å². The molecule has 0 heterocycles. The molecule has 0 aromatic carbocycles. The van der Waals surface area contributed by atoms with Crippen LogP contribution < -0.4 is 0 Å². The summed E-state index contributed by atoms with van der Waals surface area (Å²) < 4.78 is 30.2. The Morgan fingerprint density at radius 3 is 2.08 bits per heavy atom. The van der Waals surface area contributed by atoms with Gasteiger partial charge in [-0.15, -0.1) is 0 Å². The normalized spacial score (nSPS) is 19.5. The van der Waals surface area contributed by atoms with Crippen molar-refractivity contribution in [2.75, 3.05) is 0 Å². The van der Waals surface area contributed by atoms with Crippen LogP contribution in [0.25, 0.3) is 0 Å². The summed E-state index contributed by atoms with van der Waals surface area (Å²) in [5.41, 5.74) is 0. The fraction of sp³-hybridized carbons (Fsp3) is 1.00. The molecule has 0 fully saturated rings. The predicted molar refractivity (Wildman–Crippen MR) is 47.7 cm³/mol. The summed E-state index contributed by atoms with van der Waals surface area (Å²) in [6.45, 7) is 3.12. The topological polar surface area (TPSA) is 94.8 Å². The molecule has 0 bridgehead atoms. The lowest BCUT2D eigenvalue weighted by Crippen LogP contribution is -2.48. The van der Waals surface area contributed by atoms with E-state index in [-0.39, 0.29) is 12.8 Å². The minimum atomic E-state index is -4.63. The van der Waals surface area contributed by atoms with E-state index in [4.69, 9.17) is 4.55 Å². The zero-order valence-corrected chi connectivity index (χ0v) is 8.58. The standard InChI is InChI=1S/C7H16O5S/c1-3-5-6(8)7(9,4-2)13(10,11)12/h6,8-9H,3-5H2,1-2H3,(H,10,11,12). The lowest BCUT2D eigenvalue weighted by molar-refractivity contribution is -0.0258. The molecule has 0 aromatic heterocycles. The summed E-state index contributed by atoms with van der Waals surface area (Å²) >= 11 is 0. The highest BCUT2D eigenvalue weighted by Crippen LogP contribution is 2.24. The number of hydrogen-bond donors (Lipinski definition) is 3. The predicted octanol–water partition coefficient (Wildman–Crippen LogP) is 0.134. The maximum atomic E-state index is 10.7. The van der Waals surface area contributed by atoms with E-state index in [1.54, 1.807) is 6.92 Å². The average Bonchev–Trinajstić information content (AvgIpc) is 2.01. The molecule has 2 unspecified atom stereocenters. The minimum Gasteiger partial charge on any atom is -0.389 e. The van der Waals surface area contributed by atoms with E-state index < -0.39 is 21.2 Å². The largest absolute Gasteiger partial charge is 0.389 e. The van der Waals surface area contributed by atoms with Gasteiger partial charge >= 0.3 is 0 Å². The van der Waals surface area contributed by atoms with E-state index in [1.807, 2.05) is 0 Å². The Kier molecular flexibility index (Phi) is 4.31. The number of aliphatic hydroxyl groups is 2. The molecule has 0 spiro atoms. The SMILES string of the molecule is CCCC(O)C(O)(CC)S(=O)(=O)O. The highest BCUT2D eigenvalue weighted by atomic mass is 32.2. The van der Waals surface area contributed by atoms with Gasteiger partial charge in [-0.2, -0.15) is 8.42 Å². The van der Waals surface area contributed by atoms with Crippen LogP contribution in [-0.2, 0) is 10.1 Å². The minimum absolute atomic E-state index is 0.129. The van der Waals surface area contributed by atoms with Gasteiger partial charge in [-0.25, -0.2) is 0 Å². The third kappa shape index (κ3) is 2.63. The summed E-state index contributed by atoms with van der Waals surface area (Å²) in [5.74, 6) is 0. The molecular formula is C7H16O5S. The van der Waals surface area contributed by atoms with E-state index in [0.29, 0.717) is 6.42 Å². The van der Waals surface area contributed by atoms with Gasteiger partial charge < -0.3 is 10.2 Å². The van der Waals surface area contributed by atoms with E-state index in [0.717, 1.165) is 0 Å². The molecule has 0 radical (unpaired) electrons. The van der Waals surface area contributed by atoms with Crippen LogP contribution in [0.2, 0.25) is 0 Å².